The molecular formula is C16H18ClN3O. The fourth-order valence-electron chi connectivity index (χ4n) is 1.99. The molecule has 0 unspecified atom stereocenters. The summed E-state index contributed by atoms with van der Waals surface area (Å²) in [6, 6.07) is 11.1. The molecule has 1 amide bonds. The molecule has 1 aromatic heterocycles. The molecule has 110 valence electrons. The Morgan fingerprint density at radius 1 is 1.33 bits per heavy atom. The van der Waals surface area contributed by atoms with Crippen LogP contribution in [0.5, 0.6) is 0 Å². The zero-order chi connectivity index (χ0) is 15.2. The molecule has 0 bridgehead atoms. The molecule has 0 spiro atoms. The molecule has 2 N–H and O–H groups in total. The standard InChI is InChI=1S/C16H18ClN3O/c1-2-3-9-20(13-7-5-4-6-8-13)16(21)12-10-14(17)15(18)19-11-12/h4-8,10-11H,2-3,9H2,1H3,(H2,18,19). The van der Waals surface area contributed by atoms with Crippen molar-refractivity contribution < 1.29 is 4.79 Å². The minimum absolute atomic E-state index is 0.121. The Hall–Kier alpha value is -2.07. The van der Waals surface area contributed by atoms with Gasteiger partial charge in [0.15, 0.2) is 0 Å². The highest BCUT2D eigenvalue weighted by Gasteiger charge is 2.18. The second kappa shape index (κ2) is 7.09. The number of nitrogens with zero attached hydrogens (tertiary/aromatic N) is 2. The lowest BCUT2D eigenvalue weighted by atomic mass is 10.2. The van der Waals surface area contributed by atoms with E-state index in [2.05, 4.69) is 11.9 Å². The third-order valence-corrected chi connectivity index (χ3v) is 3.47. The zero-order valence-corrected chi connectivity index (χ0v) is 12.7. The molecule has 0 aliphatic heterocycles. The van der Waals surface area contributed by atoms with Crippen molar-refractivity contribution in [2.24, 2.45) is 0 Å². The van der Waals surface area contributed by atoms with Gasteiger partial charge in [-0.25, -0.2) is 4.98 Å². The van der Waals surface area contributed by atoms with Crippen molar-refractivity contribution in [2.45, 2.75) is 19.8 Å². The molecular weight excluding hydrogens is 286 g/mol. The number of hydrogen-bond donors (Lipinski definition) is 1. The van der Waals surface area contributed by atoms with E-state index in [0.717, 1.165) is 18.5 Å². The van der Waals surface area contributed by atoms with Gasteiger partial charge in [-0.05, 0) is 24.6 Å². The Bertz CT molecular complexity index is 616. The maximum absolute atomic E-state index is 12.7. The van der Waals surface area contributed by atoms with Crippen molar-refractivity contribution >= 4 is 29.0 Å². The number of unbranched alkanes of at least 4 members (excludes halogenated alkanes) is 1. The Balaban J connectivity index is 2.31. The molecule has 2 aromatic rings. The number of para-hydroxylation sites is 1. The topological polar surface area (TPSA) is 59.2 Å². The number of nitrogens with two attached hydrogens (primary N) is 1. The van der Waals surface area contributed by atoms with Crippen molar-refractivity contribution in [3.8, 4) is 0 Å². The molecule has 21 heavy (non-hydrogen) atoms. The number of nitrogen functional groups attached to an aromatic ring is 1. The molecule has 0 radical (unpaired) electrons. The van der Waals surface area contributed by atoms with Crippen LogP contribution in [-0.4, -0.2) is 17.4 Å². The number of anilines is 2. The third-order valence-electron chi connectivity index (χ3n) is 3.16. The van der Waals surface area contributed by atoms with Crippen molar-refractivity contribution in [3.05, 3.63) is 53.2 Å². The number of carbonyl (C=O) groups is 1. The number of aromatic nitrogens is 1. The van der Waals surface area contributed by atoms with Crippen molar-refractivity contribution in [1.82, 2.24) is 4.98 Å². The summed E-state index contributed by atoms with van der Waals surface area (Å²) in [4.78, 5) is 18.4. The van der Waals surface area contributed by atoms with Crippen LogP contribution in [0.25, 0.3) is 0 Å². The van der Waals surface area contributed by atoms with Crippen LogP contribution in [0.1, 0.15) is 30.1 Å². The first kappa shape index (κ1) is 15.3. The highest BCUT2D eigenvalue weighted by molar-refractivity contribution is 6.33. The van der Waals surface area contributed by atoms with E-state index in [-0.39, 0.29) is 11.7 Å². The number of hydrogen-bond acceptors (Lipinski definition) is 3. The summed E-state index contributed by atoms with van der Waals surface area (Å²) in [5, 5.41) is 0.296. The summed E-state index contributed by atoms with van der Waals surface area (Å²) >= 11 is 5.95. The van der Waals surface area contributed by atoms with Crippen LogP contribution >= 0.6 is 11.6 Å². The largest absolute Gasteiger partial charge is 0.382 e. The molecule has 0 aliphatic carbocycles. The van der Waals surface area contributed by atoms with Gasteiger partial charge in [0.2, 0.25) is 0 Å². The predicted octanol–water partition coefficient (Wildman–Crippen LogP) is 3.76. The third kappa shape index (κ3) is 3.73. The number of pyridine rings is 1. The molecule has 1 heterocycles. The lowest BCUT2D eigenvalue weighted by Crippen LogP contribution is -2.32. The van der Waals surface area contributed by atoms with Gasteiger partial charge in [0.25, 0.3) is 5.91 Å². The SMILES string of the molecule is CCCCN(C(=O)c1cnc(N)c(Cl)c1)c1ccccc1. The van der Waals surface area contributed by atoms with Gasteiger partial charge in [-0.2, -0.15) is 0 Å². The fraction of sp³-hybridized carbons (Fsp3) is 0.250. The molecule has 5 heteroatoms. The smallest absolute Gasteiger partial charge is 0.259 e. The summed E-state index contributed by atoms with van der Waals surface area (Å²) in [6.45, 7) is 2.75. The highest BCUT2D eigenvalue weighted by atomic mass is 35.5. The molecule has 0 saturated carbocycles. The Labute approximate surface area is 129 Å². The summed E-state index contributed by atoms with van der Waals surface area (Å²) < 4.78 is 0. The zero-order valence-electron chi connectivity index (χ0n) is 11.9. The van der Waals surface area contributed by atoms with Gasteiger partial charge in [0.1, 0.15) is 5.82 Å². The summed E-state index contributed by atoms with van der Waals surface area (Å²) in [7, 11) is 0. The van der Waals surface area contributed by atoms with Gasteiger partial charge in [-0.15, -0.1) is 0 Å². The monoisotopic (exact) mass is 303 g/mol. The number of halogens is 1. The Morgan fingerprint density at radius 3 is 2.67 bits per heavy atom. The average Bonchev–Trinajstić information content (AvgIpc) is 2.51. The number of benzene rings is 1. The molecule has 0 atom stereocenters. The van der Waals surface area contributed by atoms with E-state index < -0.39 is 0 Å². The molecule has 2 rings (SSSR count). The van der Waals surface area contributed by atoms with Crippen LogP contribution in [0.2, 0.25) is 5.02 Å². The van der Waals surface area contributed by atoms with E-state index in [9.17, 15) is 4.79 Å². The van der Waals surface area contributed by atoms with Crippen LogP contribution in [0.15, 0.2) is 42.6 Å². The first-order valence-electron chi connectivity index (χ1n) is 6.91. The molecule has 0 aliphatic rings. The molecule has 1 aromatic carbocycles. The van der Waals surface area contributed by atoms with E-state index in [1.165, 1.54) is 6.20 Å². The van der Waals surface area contributed by atoms with E-state index in [1.54, 1.807) is 11.0 Å². The summed E-state index contributed by atoms with van der Waals surface area (Å²) in [6.07, 6.45) is 3.40. The molecule has 4 nitrogen and oxygen atoms in total. The van der Waals surface area contributed by atoms with Gasteiger partial charge in [0, 0.05) is 18.4 Å². The maximum atomic E-state index is 12.7. The lowest BCUT2D eigenvalue weighted by Gasteiger charge is -2.22. The van der Waals surface area contributed by atoms with E-state index in [0.29, 0.717) is 17.1 Å². The van der Waals surface area contributed by atoms with Crippen LogP contribution in [0.3, 0.4) is 0 Å². The number of carbonyl (C=O) groups excluding carboxylic acids is 1. The second-order valence-corrected chi connectivity index (χ2v) is 5.14. The minimum Gasteiger partial charge on any atom is -0.382 e. The first-order chi connectivity index (χ1) is 10.1. The van der Waals surface area contributed by atoms with Crippen LogP contribution in [-0.2, 0) is 0 Å². The van der Waals surface area contributed by atoms with E-state index in [1.807, 2.05) is 30.3 Å². The molecule has 0 fully saturated rings. The first-order valence-corrected chi connectivity index (χ1v) is 7.29. The van der Waals surface area contributed by atoms with Crippen LogP contribution in [0, 0.1) is 0 Å². The number of rotatable bonds is 5. The second-order valence-electron chi connectivity index (χ2n) is 4.74. The van der Waals surface area contributed by atoms with E-state index >= 15 is 0 Å². The normalized spacial score (nSPS) is 10.4. The van der Waals surface area contributed by atoms with Crippen LogP contribution in [0.4, 0.5) is 11.5 Å². The summed E-state index contributed by atoms with van der Waals surface area (Å²) in [5.74, 6) is 0.108. The fourth-order valence-corrected chi connectivity index (χ4v) is 2.16. The molecule has 0 saturated heterocycles. The Kier molecular flexibility index (Phi) is 5.17. The van der Waals surface area contributed by atoms with Crippen LogP contribution < -0.4 is 10.6 Å². The van der Waals surface area contributed by atoms with Crippen molar-refractivity contribution in [1.29, 1.82) is 0 Å². The van der Waals surface area contributed by atoms with Crippen molar-refractivity contribution in [2.75, 3.05) is 17.2 Å². The van der Waals surface area contributed by atoms with Crippen molar-refractivity contribution in [3.63, 3.8) is 0 Å². The Morgan fingerprint density at radius 2 is 2.05 bits per heavy atom. The minimum atomic E-state index is -0.121. The average molecular weight is 304 g/mol. The number of amides is 1. The maximum Gasteiger partial charge on any atom is 0.259 e. The lowest BCUT2D eigenvalue weighted by molar-refractivity contribution is 0.0986. The summed E-state index contributed by atoms with van der Waals surface area (Å²) in [5.41, 5.74) is 6.89. The van der Waals surface area contributed by atoms with Gasteiger partial charge in [-0.1, -0.05) is 43.1 Å². The quantitative estimate of drug-likeness (QED) is 0.915. The van der Waals surface area contributed by atoms with Gasteiger partial charge >= 0.3 is 0 Å². The van der Waals surface area contributed by atoms with Gasteiger partial charge < -0.3 is 10.6 Å². The highest BCUT2D eigenvalue weighted by Crippen LogP contribution is 2.21. The van der Waals surface area contributed by atoms with Gasteiger partial charge in [-0.3, -0.25) is 4.79 Å². The van der Waals surface area contributed by atoms with E-state index in [4.69, 9.17) is 17.3 Å². The predicted molar refractivity (Wildman–Crippen MR) is 86.7 cm³/mol. The van der Waals surface area contributed by atoms with Gasteiger partial charge in [0.05, 0.1) is 10.6 Å².